The van der Waals surface area contributed by atoms with Gasteiger partial charge in [0.25, 0.3) is 0 Å². The number of unbranched alkanes of at least 4 members (excludes halogenated alkanes) is 1. The lowest BCUT2D eigenvalue weighted by Gasteiger charge is -2.17. The molecule has 1 atom stereocenters. The molecule has 0 aliphatic carbocycles. The van der Waals surface area contributed by atoms with Gasteiger partial charge in [-0.05, 0) is 24.6 Å². The van der Waals surface area contributed by atoms with Gasteiger partial charge >= 0.3 is 5.97 Å². The van der Waals surface area contributed by atoms with E-state index in [-0.39, 0.29) is 5.97 Å². The third kappa shape index (κ3) is 4.29. The smallest absolute Gasteiger partial charge is 0.328 e. The lowest BCUT2D eigenvalue weighted by atomic mass is 10.1. The number of carbonyl (C=O) groups is 1. The summed E-state index contributed by atoms with van der Waals surface area (Å²) in [5, 5.41) is 2.89. The van der Waals surface area contributed by atoms with E-state index in [1.165, 1.54) is 13.2 Å². The molecular formula is C13H17BrFNO2. The average molecular weight is 318 g/mol. The van der Waals surface area contributed by atoms with Crippen molar-refractivity contribution in [1.29, 1.82) is 0 Å². The third-order valence-corrected chi connectivity index (χ3v) is 3.09. The van der Waals surface area contributed by atoms with Gasteiger partial charge in [0, 0.05) is 4.47 Å². The van der Waals surface area contributed by atoms with Gasteiger partial charge in [0.05, 0.1) is 12.8 Å². The van der Waals surface area contributed by atoms with E-state index in [9.17, 15) is 9.18 Å². The maximum absolute atomic E-state index is 13.7. The number of esters is 1. The molecule has 1 aromatic rings. The number of hydrogen-bond donors (Lipinski definition) is 1. The van der Waals surface area contributed by atoms with Crippen LogP contribution < -0.4 is 5.32 Å². The predicted molar refractivity (Wildman–Crippen MR) is 73.1 cm³/mol. The van der Waals surface area contributed by atoms with E-state index in [4.69, 9.17) is 4.74 Å². The van der Waals surface area contributed by atoms with Crippen molar-refractivity contribution in [2.45, 2.75) is 32.2 Å². The first kappa shape index (κ1) is 15.0. The normalized spacial score (nSPS) is 12.0. The largest absolute Gasteiger partial charge is 0.467 e. The molecule has 100 valence electrons. The van der Waals surface area contributed by atoms with Crippen LogP contribution >= 0.6 is 15.9 Å². The maximum Gasteiger partial charge on any atom is 0.328 e. The highest BCUT2D eigenvalue weighted by Crippen LogP contribution is 2.21. The highest BCUT2D eigenvalue weighted by atomic mass is 79.9. The Morgan fingerprint density at radius 1 is 1.56 bits per heavy atom. The van der Waals surface area contributed by atoms with Gasteiger partial charge in [-0.2, -0.15) is 0 Å². The van der Waals surface area contributed by atoms with Gasteiger partial charge in [-0.15, -0.1) is 0 Å². The quantitative estimate of drug-likeness (QED) is 0.812. The van der Waals surface area contributed by atoms with Crippen molar-refractivity contribution in [1.82, 2.24) is 0 Å². The van der Waals surface area contributed by atoms with Crippen molar-refractivity contribution in [3.05, 3.63) is 28.5 Å². The number of methoxy groups -OCH3 is 1. The van der Waals surface area contributed by atoms with Crippen LogP contribution in [0.15, 0.2) is 22.7 Å². The molecular weight excluding hydrogens is 301 g/mol. The van der Waals surface area contributed by atoms with E-state index < -0.39 is 11.9 Å². The van der Waals surface area contributed by atoms with E-state index in [1.807, 2.05) is 6.92 Å². The average Bonchev–Trinajstić information content (AvgIpc) is 2.36. The molecule has 1 aromatic carbocycles. The molecule has 0 aliphatic heterocycles. The van der Waals surface area contributed by atoms with Crippen LogP contribution in [-0.2, 0) is 9.53 Å². The first-order chi connectivity index (χ1) is 8.58. The molecule has 0 saturated heterocycles. The fourth-order valence-electron chi connectivity index (χ4n) is 1.59. The molecule has 0 amide bonds. The Balaban J connectivity index is 2.78. The molecule has 3 nitrogen and oxygen atoms in total. The molecule has 1 unspecified atom stereocenters. The molecule has 0 aromatic heterocycles. The zero-order valence-corrected chi connectivity index (χ0v) is 12.1. The van der Waals surface area contributed by atoms with Gasteiger partial charge in [0.15, 0.2) is 0 Å². The summed E-state index contributed by atoms with van der Waals surface area (Å²) in [7, 11) is 1.33. The van der Waals surface area contributed by atoms with Crippen LogP contribution in [0.5, 0.6) is 0 Å². The van der Waals surface area contributed by atoms with Crippen molar-refractivity contribution in [2.24, 2.45) is 0 Å². The summed E-state index contributed by atoms with van der Waals surface area (Å²) in [4.78, 5) is 11.6. The number of anilines is 1. The Morgan fingerprint density at radius 2 is 2.28 bits per heavy atom. The second-order valence-electron chi connectivity index (χ2n) is 3.99. The second-order valence-corrected chi connectivity index (χ2v) is 4.90. The van der Waals surface area contributed by atoms with Crippen LogP contribution in [0.25, 0.3) is 0 Å². The van der Waals surface area contributed by atoms with Crippen LogP contribution in [-0.4, -0.2) is 19.1 Å². The van der Waals surface area contributed by atoms with Gasteiger partial charge in [0.1, 0.15) is 11.9 Å². The first-order valence-corrected chi connectivity index (χ1v) is 6.67. The predicted octanol–water partition coefficient (Wildman–Crippen LogP) is 3.73. The SMILES string of the molecule is CCCCC(Nc1ccc(Br)cc1F)C(=O)OC. The molecule has 0 radical (unpaired) electrons. The fourth-order valence-corrected chi connectivity index (χ4v) is 1.93. The highest BCUT2D eigenvalue weighted by Gasteiger charge is 2.19. The standard InChI is InChI=1S/C13H17BrFNO2/c1-3-4-5-12(13(17)18-2)16-11-7-6-9(14)8-10(11)15/h6-8,12,16H,3-5H2,1-2H3. The molecule has 0 spiro atoms. The summed E-state index contributed by atoms with van der Waals surface area (Å²) in [5.74, 6) is -0.763. The lowest BCUT2D eigenvalue weighted by molar-refractivity contribution is -0.141. The summed E-state index contributed by atoms with van der Waals surface area (Å²) >= 11 is 3.19. The van der Waals surface area contributed by atoms with E-state index >= 15 is 0 Å². The van der Waals surface area contributed by atoms with E-state index in [0.29, 0.717) is 16.6 Å². The fraction of sp³-hybridized carbons (Fsp3) is 0.462. The minimum atomic E-state index is -0.509. The van der Waals surface area contributed by atoms with E-state index in [2.05, 4.69) is 21.2 Å². The topological polar surface area (TPSA) is 38.3 Å². The molecule has 18 heavy (non-hydrogen) atoms. The Kier molecular flexibility index (Phi) is 6.12. The van der Waals surface area contributed by atoms with Gasteiger partial charge < -0.3 is 10.1 Å². The summed E-state index contributed by atoms with van der Waals surface area (Å²) in [6.07, 6.45) is 2.47. The number of rotatable bonds is 6. The number of benzene rings is 1. The summed E-state index contributed by atoms with van der Waals surface area (Å²) in [6.45, 7) is 2.04. The van der Waals surface area contributed by atoms with Gasteiger partial charge in [-0.3, -0.25) is 0 Å². The van der Waals surface area contributed by atoms with Crippen molar-refractivity contribution in [3.8, 4) is 0 Å². The first-order valence-electron chi connectivity index (χ1n) is 5.88. The third-order valence-electron chi connectivity index (χ3n) is 2.59. The molecule has 1 N–H and O–H groups in total. The van der Waals surface area contributed by atoms with Crippen molar-refractivity contribution in [2.75, 3.05) is 12.4 Å². The van der Waals surface area contributed by atoms with Gasteiger partial charge in [0.2, 0.25) is 0 Å². The minimum absolute atomic E-state index is 0.310. The van der Waals surface area contributed by atoms with Crippen LogP contribution in [0.2, 0.25) is 0 Å². The number of carbonyl (C=O) groups excluding carboxylic acids is 1. The van der Waals surface area contributed by atoms with Crippen LogP contribution in [0.4, 0.5) is 10.1 Å². The number of hydrogen-bond acceptors (Lipinski definition) is 3. The Labute approximate surface area is 115 Å². The minimum Gasteiger partial charge on any atom is -0.467 e. The molecule has 0 fully saturated rings. The lowest BCUT2D eigenvalue weighted by Crippen LogP contribution is -2.31. The van der Waals surface area contributed by atoms with Crippen LogP contribution in [0, 0.1) is 5.82 Å². The monoisotopic (exact) mass is 317 g/mol. The molecule has 0 bridgehead atoms. The van der Waals surface area contributed by atoms with E-state index in [1.54, 1.807) is 12.1 Å². The number of halogens is 2. The number of nitrogens with one attached hydrogen (secondary N) is 1. The second kappa shape index (κ2) is 7.36. The van der Waals surface area contributed by atoms with Gasteiger partial charge in [-0.1, -0.05) is 35.7 Å². The molecule has 0 heterocycles. The van der Waals surface area contributed by atoms with Crippen molar-refractivity contribution < 1.29 is 13.9 Å². The molecule has 5 heteroatoms. The van der Waals surface area contributed by atoms with Gasteiger partial charge in [-0.25, -0.2) is 9.18 Å². The maximum atomic E-state index is 13.7. The van der Waals surface area contributed by atoms with Crippen molar-refractivity contribution in [3.63, 3.8) is 0 Å². The molecule has 0 aliphatic rings. The Hall–Kier alpha value is -1.10. The zero-order valence-electron chi connectivity index (χ0n) is 10.5. The highest BCUT2D eigenvalue weighted by molar-refractivity contribution is 9.10. The summed E-state index contributed by atoms with van der Waals surface area (Å²) < 4.78 is 19.0. The van der Waals surface area contributed by atoms with Crippen LogP contribution in [0.1, 0.15) is 26.2 Å². The van der Waals surface area contributed by atoms with E-state index in [0.717, 1.165) is 12.8 Å². The number of ether oxygens (including phenoxy) is 1. The Bertz CT molecular complexity index is 412. The molecule has 0 saturated carbocycles. The Morgan fingerprint density at radius 3 is 2.83 bits per heavy atom. The molecule has 1 rings (SSSR count). The summed E-state index contributed by atoms with van der Waals surface area (Å²) in [5.41, 5.74) is 0.310. The zero-order chi connectivity index (χ0) is 13.5. The summed E-state index contributed by atoms with van der Waals surface area (Å²) in [6, 6.07) is 4.17. The van der Waals surface area contributed by atoms with Crippen molar-refractivity contribution >= 4 is 27.6 Å². The van der Waals surface area contributed by atoms with Crippen LogP contribution in [0.3, 0.4) is 0 Å².